The van der Waals surface area contributed by atoms with Crippen molar-refractivity contribution >= 4 is 12.4 Å². The maximum atomic E-state index is 10.2. The van der Waals surface area contributed by atoms with E-state index < -0.39 is 0 Å². The first kappa shape index (κ1) is 10.2. The monoisotopic (exact) mass is 193 g/mol. The number of hydrogen-bond donors (Lipinski definition) is 0. The van der Waals surface area contributed by atoms with Gasteiger partial charge in [0.25, 0.3) is 0 Å². The molecule has 0 aromatic carbocycles. The largest absolute Gasteiger partial charge is 0.496 e. The molecule has 0 bridgehead atoms. The summed E-state index contributed by atoms with van der Waals surface area (Å²) in [5.41, 5.74) is 0.657. The topological polar surface area (TPSA) is 48.4 Å². The fraction of sp³-hybridized carbons (Fsp3) is 0.200. The van der Waals surface area contributed by atoms with E-state index in [0.717, 1.165) is 0 Å². The van der Waals surface area contributed by atoms with Crippen molar-refractivity contribution in [3.8, 4) is 11.6 Å². The molecule has 0 amide bonds. The lowest BCUT2D eigenvalue weighted by atomic mass is 10.2. The van der Waals surface area contributed by atoms with Crippen LogP contribution in [0.3, 0.4) is 0 Å². The number of pyridine rings is 1. The second kappa shape index (κ2) is 5.01. The summed E-state index contributed by atoms with van der Waals surface area (Å²) in [7, 11) is 3.06. The summed E-state index contributed by atoms with van der Waals surface area (Å²) in [6.07, 6.45) is 5.22. The third-order valence-electron chi connectivity index (χ3n) is 1.67. The van der Waals surface area contributed by atoms with Crippen molar-refractivity contribution in [1.82, 2.24) is 4.98 Å². The highest BCUT2D eigenvalue weighted by atomic mass is 16.5. The minimum absolute atomic E-state index is 0.433. The molecule has 1 aromatic rings. The van der Waals surface area contributed by atoms with Gasteiger partial charge < -0.3 is 9.47 Å². The number of carbonyl (C=O) groups is 1. The molecule has 1 aromatic heterocycles. The molecule has 1 rings (SSSR count). The standard InChI is InChI=1S/C10H11NO3/c1-13-9-5-6-11-10(14-2)8(9)4-3-7-12/h3-7H,1-2H3/b4-3+. The number of aromatic nitrogens is 1. The number of ether oxygens (including phenoxy) is 2. The van der Waals surface area contributed by atoms with Gasteiger partial charge in [0.1, 0.15) is 12.0 Å². The van der Waals surface area contributed by atoms with Gasteiger partial charge in [-0.15, -0.1) is 0 Å². The van der Waals surface area contributed by atoms with E-state index in [0.29, 0.717) is 23.5 Å². The molecule has 0 aliphatic heterocycles. The van der Waals surface area contributed by atoms with E-state index in [2.05, 4.69) is 4.98 Å². The molecule has 0 N–H and O–H groups in total. The number of carbonyl (C=O) groups excluding carboxylic acids is 1. The molecular formula is C10H11NO3. The molecule has 0 fully saturated rings. The smallest absolute Gasteiger partial charge is 0.224 e. The second-order valence-corrected chi connectivity index (χ2v) is 2.43. The van der Waals surface area contributed by atoms with E-state index in [4.69, 9.17) is 9.47 Å². The Bertz CT molecular complexity index is 325. The zero-order valence-corrected chi connectivity index (χ0v) is 8.06. The minimum Gasteiger partial charge on any atom is -0.496 e. The summed E-state index contributed by atoms with van der Waals surface area (Å²) in [4.78, 5) is 14.2. The van der Waals surface area contributed by atoms with Crippen molar-refractivity contribution in [2.75, 3.05) is 14.2 Å². The Hall–Kier alpha value is -1.84. The van der Waals surface area contributed by atoms with Gasteiger partial charge in [0.05, 0.1) is 19.8 Å². The quantitative estimate of drug-likeness (QED) is 0.534. The van der Waals surface area contributed by atoms with E-state index in [9.17, 15) is 4.79 Å². The van der Waals surface area contributed by atoms with E-state index >= 15 is 0 Å². The number of hydrogen-bond acceptors (Lipinski definition) is 4. The molecule has 0 aliphatic carbocycles. The van der Waals surface area contributed by atoms with Gasteiger partial charge in [-0.3, -0.25) is 4.79 Å². The number of methoxy groups -OCH3 is 2. The summed E-state index contributed by atoms with van der Waals surface area (Å²) in [5, 5.41) is 0. The van der Waals surface area contributed by atoms with Gasteiger partial charge in [-0.25, -0.2) is 4.98 Å². The Morgan fingerprint density at radius 1 is 1.36 bits per heavy atom. The first-order valence-corrected chi connectivity index (χ1v) is 4.02. The third-order valence-corrected chi connectivity index (χ3v) is 1.67. The summed E-state index contributed by atoms with van der Waals surface area (Å²) < 4.78 is 10.1. The number of nitrogens with zero attached hydrogens (tertiary/aromatic N) is 1. The average Bonchev–Trinajstić information content (AvgIpc) is 2.25. The highest BCUT2D eigenvalue weighted by Gasteiger charge is 2.06. The van der Waals surface area contributed by atoms with Crippen molar-refractivity contribution in [3.63, 3.8) is 0 Å². The first-order valence-electron chi connectivity index (χ1n) is 4.02. The van der Waals surface area contributed by atoms with Gasteiger partial charge in [0.15, 0.2) is 0 Å². The lowest BCUT2D eigenvalue weighted by Crippen LogP contribution is -1.94. The molecule has 74 valence electrons. The van der Waals surface area contributed by atoms with Crippen LogP contribution in [-0.2, 0) is 4.79 Å². The lowest BCUT2D eigenvalue weighted by Gasteiger charge is -2.07. The molecule has 4 heteroatoms. The summed E-state index contributed by atoms with van der Waals surface area (Å²) in [6, 6.07) is 1.70. The Labute approximate surface area is 82.2 Å². The zero-order valence-electron chi connectivity index (χ0n) is 8.06. The van der Waals surface area contributed by atoms with Crippen LogP contribution in [0.1, 0.15) is 5.56 Å². The van der Waals surface area contributed by atoms with Gasteiger partial charge >= 0.3 is 0 Å². The van der Waals surface area contributed by atoms with Gasteiger partial charge in [0, 0.05) is 6.20 Å². The maximum absolute atomic E-state index is 10.2. The van der Waals surface area contributed by atoms with E-state index in [1.165, 1.54) is 13.2 Å². The highest BCUT2D eigenvalue weighted by molar-refractivity contribution is 5.76. The Kier molecular flexibility index (Phi) is 3.67. The molecule has 14 heavy (non-hydrogen) atoms. The first-order chi connectivity index (χ1) is 6.83. The fourth-order valence-corrected chi connectivity index (χ4v) is 1.07. The summed E-state index contributed by atoms with van der Waals surface area (Å²) in [6.45, 7) is 0. The van der Waals surface area contributed by atoms with Crippen LogP contribution in [0.5, 0.6) is 11.6 Å². The van der Waals surface area contributed by atoms with Crippen LogP contribution in [0.15, 0.2) is 18.3 Å². The zero-order chi connectivity index (χ0) is 10.4. The van der Waals surface area contributed by atoms with Crippen LogP contribution in [-0.4, -0.2) is 25.5 Å². The van der Waals surface area contributed by atoms with Crippen molar-refractivity contribution in [2.24, 2.45) is 0 Å². The van der Waals surface area contributed by atoms with Crippen molar-refractivity contribution in [3.05, 3.63) is 23.9 Å². The van der Waals surface area contributed by atoms with Crippen molar-refractivity contribution in [2.45, 2.75) is 0 Å². The molecule has 1 heterocycles. The van der Waals surface area contributed by atoms with Crippen LogP contribution in [0.4, 0.5) is 0 Å². The van der Waals surface area contributed by atoms with Gasteiger partial charge in [0.2, 0.25) is 5.88 Å². The van der Waals surface area contributed by atoms with Gasteiger partial charge in [-0.2, -0.15) is 0 Å². The molecule has 0 saturated carbocycles. The SMILES string of the molecule is COc1ccnc(OC)c1/C=C/C=O. The average molecular weight is 193 g/mol. The maximum Gasteiger partial charge on any atom is 0.224 e. The van der Waals surface area contributed by atoms with Gasteiger partial charge in [-0.1, -0.05) is 0 Å². The minimum atomic E-state index is 0.433. The Morgan fingerprint density at radius 3 is 2.71 bits per heavy atom. The predicted octanol–water partition coefficient (Wildman–Crippen LogP) is 1.31. The van der Waals surface area contributed by atoms with Gasteiger partial charge in [-0.05, 0) is 18.2 Å². The second-order valence-electron chi connectivity index (χ2n) is 2.43. The Balaban J connectivity index is 3.18. The number of rotatable bonds is 4. The molecule has 0 spiro atoms. The van der Waals surface area contributed by atoms with Crippen LogP contribution < -0.4 is 9.47 Å². The van der Waals surface area contributed by atoms with Crippen LogP contribution in [0.25, 0.3) is 6.08 Å². The van der Waals surface area contributed by atoms with Crippen LogP contribution in [0, 0.1) is 0 Å². The predicted molar refractivity (Wildman–Crippen MR) is 52.4 cm³/mol. The van der Waals surface area contributed by atoms with E-state index in [1.54, 1.807) is 25.4 Å². The molecule has 0 unspecified atom stereocenters. The van der Waals surface area contributed by atoms with Crippen molar-refractivity contribution in [1.29, 1.82) is 0 Å². The molecule has 0 radical (unpaired) electrons. The fourth-order valence-electron chi connectivity index (χ4n) is 1.07. The van der Waals surface area contributed by atoms with E-state index in [1.807, 2.05) is 0 Å². The Morgan fingerprint density at radius 2 is 2.14 bits per heavy atom. The molecule has 0 aliphatic rings. The molecule has 0 atom stereocenters. The number of allylic oxidation sites excluding steroid dienone is 1. The van der Waals surface area contributed by atoms with Crippen molar-refractivity contribution < 1.29 is 14.3 Å². The third kappa shape index (κ3) is 2.10. The normalized spacial score (nSPS) is 10.1. The molecule has 4 nitrogen and oxygen atoms in total. The summed E-state index contributed by atoms with van der Waals surface area (Å²) >= 11 is 0. The van der Waals surface area contributed by atoms with Crippen LogP contribution in [0.2, 0.25) is 0 Å². The number of aldehydes is 1. The molecule has 0 saturated heterocycles. The summed E-state index contributed by atoms with van der Waals surface area (Å²) in [5.74, 6) is 1.05. The lowest BCUT2D eigenvalue weighted by molar-refractivity contribution is -0.104. The van der Waals surface area contributed by atoms with Crippen LogP contribution >= 0.6 is 0 Å². The van der Waals surface area contributed by atoms with E-state index in [-0.39, 0.29) is 0 Å². The highest BCUT2D eigenvalue weighted by Crippen LogP contribution is 2.26. The molecular weight excluding hydrogens is 182 g/mol.